The largest absolute Gasteiger partial charge is 0.497 e. The maximum atomic E-state index is 12.3. The maximum Gasteiger partial charge on any atom is 0.255 e. The average Bonchev–Trinajstić information content (AvgIpc) is 2.69. The van der Waals surface area contributed by atoms with Gasteiger partial charge < -0.3 is 15.4 Å². The molecule has 2 N–H and O–H groups in total. The topological polar surface area (TPSA) is 67.4 Å². The van der Waals surface area contributed by atoms with E-state index in [1.807, 2.05) is 19.1 Å². The zero-order valence-electron chi connectivity index (χ0n) is 15.2. The fourth-order valence-corrected chi connectivity index (χ4v) is 2.49. The van der Waals surface area contributed by atoms with Gasteiger partial charge in [0.15, 0.2) is 0 Å². The number of hydrogen-bond donors (Lipinski definition) is 2. The minimum Gasteiger partial charge on any atom is -0.497 e. The van der Waals surface area contributed by atoms with E-state index in [2.05, 4.69) is 10.6 Å². The highest BCUT2D eigenvalue weighted by molar-refractivity contribution is 6.06. The molecule has 3 aromatic rings. The van der Waals surface area contributed by atoms with Crippen molar-refractivity contribution in [2.45, 2.75) is 6.92 Å². The van der Waals surface area contributed by atoms with Gasteiger partial charge in [0.2, 0.25) is 0 Å². The summed E-state index contributed by atoms with van der Waals surface area (Å²) in [5, 5.41) is 5.64. The molecule has 5 nitrogen and oxygen atoms in total. The van der Waals surface area contributed by atoms with E-state index in [1.165, 1.54) is 0 Å². The van der Waals surface area contributed by atoms with E-state index in [1.54, 1.807) is 67.8 Å². The molecule has 0 spiro atoms. The van der Waals surface area contributed by atoms with Crippen molar-refractivity contribution >= 4 is 23.2 Å². The zero-order chi connectivity index (χ0) is 19.2. The summed E-state index contributed by atoms with van der Waals surface area (Å²) in [4.78, 5) is 24.6. The van der Waals surface area contributed by atoms with Crippen molar-refractivity contribution in [2.75, 3.05) is 17.7 Å². The van der Waals surface area contributed by atoms with Gasteiger partial charge in [0.25, 0.3) is 11.8 Å². The molecule has 0 atom stereocenters. The maximum absolute atomic E-state index is 12.3. The Morgan fingerprint density at radius 2 is 1.07 bits per heavy atom. The van der Waals surface area contributed by atoms with Crippen LogP contribution in [0.3, 0.4) is 0 Å². The number of amides is 2. The molecule has 0 aromatic heterocycles. The number of anilines is 2. The van der Waals surface area contributed by atoms with Gasteiger partial charge in [0.1, 0.15) is 5.75 Å². The lowest BCUT2D eigenvalue weighted by molar-refractivity contribution is 0.102. The van der Waals surface area contributed by atoms with Crippen molar-refractivity contribution in [3.05, 3.63) is 89.5 Å². The van der Waals surface area contributed by atoms with Gasteiger partial charge in [-0.2, -0.15) is 0 Å². The summed E-state index contributed by atoms with van der Waals surface area (Å²) < 4.78 is 5.09. The van der Waals surface area contributed by atoms with Gasteiger partial charge in [-0.1, -0.05) is 17.7 Å². The Morgan fingerprint density at radius 1 is 0.667 bits per heavy atom. The second kappa shape index (κ2) is 8.19. The third kappa shape index (κ3) is 4.73. The first-order valence-corrected chi connectivity index (χ1v) is 8.48. The number of rotatable bonds is 5. The molecule has 0 fully saturated rings. The number of carbonyl (C=O) groups is 2. The number of nitrogens with one attached hydrogen (secondary N) is 2. The van der Waals surface area contributed by atoms with Crippen LogP contribution in [0.2, 0.25) is 0 Å². The molecule has 5 heteroatoms. The molecule has 0 aliphatic heterocycles. The quantitative estimate of drug-likeness (QED) is 0.703. The van der Waals surface area contributed by atoms with Crippen LogP contribution in [-0.2, 0) is 0 Å². The second-order valence-corrected chi connectivity index (χ2v) is 6.08. The van der Waals surface area contributed by atoms with E-state index in [0.29, 0.717) is 22.5 Å². The van der Waals surface area contributed by atoms with Crippen LogP contribution < -0.4 is 15.4 Å². The number of aryl methyl sites for hydroxylation is 1. The third-order valence-corrected chi connectivity index (χ3v) is 4.07. The molecule has 0 bridgehead atoms. The lowest BCUT2D eigenvalue weighted by Gasteiger charge is -2.08. The Labute approximate surface area is 158 Å². The first-order valence-electron chi connectivity index (χ1n) is 8.48. The van der Waals surface area contributed by atoms with Crippen LogP contribution in [0.15, 0.2) is 72.8 Å². The number of benzene rings is 3. The van der Waals surface area contributed by atoms with Gasteiger partial charge in [0.05, 0.1) is 7.11 Å². The van der Waals surface area contributed by atoms with Crippen LogP contribution in [0.1, 0.15) is 26.3 Å². The molecule has 2 amide bonds. The van der Waals surface area contributed by atoms with Crippen LogP contribution in [0, 0.1) is 6.92 Å². The van der Waals surface area contributed by atoms with Crippen molar-refractivity contribution in [1.29, 1.82) is 0 Å². The predicted molar refractivity (Wildman–Crippen MR) is 107 cm³/mol. The fourth-order valence-electron chi connectivity index (χ4n) is 2.49. The van der Waals surface area contributed by atoms with E-state index in [9.17, 15) is 9.59 Å². The zero-order valence-corrected chi connectivity index (χ0v) is 15.2. The first-order chi connectivity index (χ1) is 13.0. The number of hydrogen-bond acceptors (Lipinski definition) is 3. The Hall–Kier alpha value is -3.60. The summed E-state index contributed by atoms with van der Waals surface area (Å²) in [6.45, 7) is 1.97. The highest BCUT2D eigenvalue weighted by atomic mass is 16.5. The van der Waals surface area contributed by atoms with Crippen LogP contribution >= 0.6 is 0 Å². The summed E-state index contributed by atoms with van der Waals surface area (Å²) in [6, 6.07) is 21.2. The van der Waals surface area contributed by atoms with Gasteiger partial charge in [-0.3, -0.25) is 9.59 Å². The van der Waals surface area contributed by atoms with Crippen molar-refractivity contribution in [3.8, 4) is 5.75 Å². The normalized spacial score (nSPS) is 10.1. The Balaban J connectivity index is 1.62. The minimum absolute atomic E-state index is 0.189. The first kappa shape index (κ1) is 18.2. The molecule has 0 heterocycles. The molecule has 0 aliphatic carbocycles. The number of carbonyl (C=O) groups excluding carboxylic acids is 2. The Morgan fingerprint density at radius 3 is 1.52 bits per heavy atom. The summed E-state index contributed by atoms with van der Waals surface area (Å²) in [6.07, 6.45) is 0. The molecular weight excluding hydrogens is 340 g/mol. The highest BCUT2D eigenvalue weighted by Gasteiger charge is 2.09. The van der Waals surface area contributed by atoms with Gasteiger partial charge in [-0.15, -0.1) is 0 Å². The molecule has 0 unspecified atom stereocenters. The molecule has 27 heavy (non-hydrogen) atoms. The van der Waals surface area contributed by atoms with Crippen molar-refractivity contribution in [1.82, 2.24) is 0 Å². The molecule has 3 aromatic carbocycles. The summed E-state index contributed by atoms with van der Waals surface area (Å²) in [5.41, 5.74) is 3.49. The summed E-state index contributed by atoms with van der Waals surface area (Å²) in [5.74, 6) is 0.309. The molecule has 0 saturated heterocycles. The van der Waals surface area contributed by atoms with Gasteiger partial charge in [-0.05, 0) is 67.6 Å². The lowest BCUT2D eigenvalue weighted by atomic mass is 10.1. The molecule has 136 valence electrons. The van der Waals surface area contributed by atoms with Gasteiger partial charge in [-0.25, -0.2) is 0 Å². The smallest absolute Gasteiger partial charge is 0.255 e. The molecule has 0 aliphatic rings. The Kier molecular flexibility index (Phi) is 5.52. The van der Waals surface area contributed by atoms with Crippen LogP contribution in [0.4, 0.5) is 11.4 Å². The highest BCUT2D eigenvalue weighted by Crippen LogP contribution is 2.17. The molecule has 3 rings (SSSR count). The second-order valence-electron chi connectivity index (χ2n) is 6.08. The molecule has 0 radical (unpaired) electrons. The monoisotopic (exact) mass is 360 g/mol. The van der Waals surface area contributed by atoms with E-state index in [-0.39, 0.29) is 11.8 Å². The number of methoxy groups -OCH3 is 1. The SMILES string of the molecule is COc1ccc(NC(=O)c2ccc(NC(=O)c3ccc(C)cc3)cc2)cc1. The van der Waals surface area contributed by atoms with E-state index >= 15 is 0 Å². The fraction of sp³-hybridized carbons (Fsp3) is 0.0909. The van der Waals surface area contributed by atoms with Crippen molar-refractivity contribution in [3.63, 3.8) is 0 Å². The predicted octanol–water partition coefficient (Wildman–Crippen LogP) is 4.51. The van der Waals surface area contributed by atoms with Gasteiger partial charge >= 0.3 is 0 Å². The molecular formula is C22H20N2O3. The van der Waals surface area contributed by atoms with Gasteiger partial charge in [0, 0.05) is 22.5 Å². The van der Waals surface area contributed by atoms with Crippen LogP contribution in [-0.4, -0.2) is 18.9 Å². The van der Waals surface area contributed by atoms with Crippen molar-refractivity contribution < 1.29 is 14.3 Å². The minimum atomic E-state index is -0.225. The molecule has 0 saturated carbocycles. The van der Waals surface area contributed by atoms with Crippen molar-refractivity contribution in [2.24, 2.45) is 0 Å². The summed E-state index contributed by atoms with van der Waals surface area (Å²) >= 11 is 0. The number of ether oxygens (including phenoxy) is 1. The van der Waals surface area contributed by atoms with E-state index in [0.717, 1.165) is 11.3 Å². The third-order valence-electron chi connectivity index (χ3n) is 4.07. The average molecular weight is 360 g/mol. The summed E-state index contributed by atoms with van der Waals surface area (Å²) in [7, 11) is 1.59. The van der Waals surface area contributed by atoms with Crippen LogP contribution in [0.25, 0.3) is 0 Å². The van der Waals surface area contributed by atoms with E-state index in [4.69, 9.17) is 4.74 Å². The standard InChI is InChI=1S/C22H20N2O3/c1-15-3-5-16(6-4-15)21(25)23-18-9-7-17(8-10-18)22(26)24-19-11-13-20(27-2)14-12-19/h3-14H,1-2H3,(H,23,25)(H,24,26). The Bertz CT molecular complexity index is 931. The lowest BCUT2D eigenvalue weighted by Crippen LogP contribution is -2.13. The van der Waals surface area contributed by atoms with Crippen LogP contribution in [0.5, 0.6) is 5.75 Å². The van der Waals surface area contributed by atoms with E-state index < -0.39 is 0 Å².